The van der Waals surface area contributed by atoms with Gasteiger partial charge in [0.1, 0.15) is 10.6 Å². The van der Waals surface area contributed by atoms with E-state index in [0.717, 1.165) is 4.90 Å². The third kappa shape index (κ3) is 4.31. The molecule has 0 radical (unpaired) electrons. The van der Waals surface area contributed by atoms with Gasteiger partial charge in [0.15, 0.2) is 0 Å². The molecule has 0 unspecified atom stereocenters. The first-order chi connectivity index (χ1) is 9.56. The average Bonchev–Trinajstić information content (AvgIpc) is 2.85. The molecule has 20 heavy (non-hydrogen) atoms. The second-order valence-corrected chi connectivity index (χ2v) is 6.65. The number of aromatic carboxylic acids is 1. The quantitative estimate of drug-likeness (QED) is 0.594. The molecule has 0 aliphatic carbocycles. The van der Waals surface area contributed by atoms with Gasteiger partial charge in [-0.3, -0.25) is 0 Å². The van der Waals surface area contributed by atoms with Crippen molar-refractivity contribution in [1.29, 1.82) is 0 Å². The van der Waals surface area contributed by atoms with Gasteiger partial charge in [0, 0.05) is 21.1 Å². The standard InChI is InChI=1S/C13H10Cl2O3S2/c14-8-1-2-11(10(15)5-8)18-3-4-19-9-6-12(13(16)17)20-7-9/h1-2,5-7H,3-4H2,(H,16,17). The highest BCUT2D eigenvalue weighted by Gasteiger charge is 2.07. The summed E-state index contributed by atoms with van der Waals surface area (Å²) >= 11 is 14.5. The molecule has 106 valence electrons. The van der Waals surface area contributed by atoms with Crippen LogP contribution in [0.4, 0.5) is 0 Å². The predicted octanol–water partition coefficient (Wildman–Crippen LogP) is 4.92. The number of hydrogen-bond donors (Lipinski definition) is 1. The summed E-state index contributed by atoms with van der Waals surface area (Å²) in [6.07, 6.45) is 0. The smallest absolute Gasteiger partial charge is 0.345 e. The molecule has 1 N–H and O–H groups in total. The van der Waals surface area contributed by atoms with Crippen LogP contribution < -0.4 is 4.74 Å². The van der Waals surface area contributed by atoms with Gasteiger partial charge in [-0.05, 0) is 24.3 Å². The number of rotatable bonds is 6. The van der Waals surface area contributed by atoms with E-state index >= 15 is 0 Å². The van der Waals surface area contributed by atoms with Gasteiger partial charge in [0.05, 0.1) is 11.6 Å². The Morgan fingerprint density at radius 3 is 2.80 bits per heavy atom. The van der Waals surface area contributed by atoms with Crippen LogP contribution >= 0.6 is 46.3 Å². The number of thiophene rings is 1. The molecule has 1 heterocycles. The normalized spacial score (nSPS) is 10.5. The van der Waals surface area contributed by atoms with Crippen LogP contribution in [0.3, 0.4) is 0 Å². The molecule has 2 aromatic rings. The number of carboxylic acid groups (broad SMARTS) is 1. The summed E-state index contributed by atoms with van der Waals surface area (Å²) in [6, 6.07) is 6.73. The molecule has 7 heteroatoms. The third-order valence-electron chi connectivity index (χ3n) is 2.29. The van der Waals surface area contributed by atoms with Crippen molar-refractivity contribution in [2.75, 3.05) is 12.4 Å². The van der Waals surface area contributed by atoms with Crippen molar-refractivity contribution in [3.63, 3.8) is 0 Å². The molecule has 0 atom stereocenters. The molecule has 0 saturated carbocycles. The van der Waals surface area contributed by atoms with Crippen molar-refractivity contribution in [3.8, 4) is 5.75 Å². The van der Waals surface area contributed by atoms with E-state index < -0.39 is 5.97 Å². The molecule has 3 nitrogen and oxygen atoms in total. The fraction of sp³-hybridized carbons (Fsp3) is 0.154. The lowest BCUT2D eigenvalue weighted by Crippen LogP contribution is -2.00. The van der Waals surface area contributed by atoms with E-state index in [9.17, 15) is 4.79 Å². The molecular weight excluding hydrogens is 339 g/mol. The van der Waals surface area contributed by atoms with Crippen molar-refractivity contribution in [2.45, 2.75) is 4.90 Å². The molecule has 0 fully saturated rings. The first-order valence-electron chi connectivity index (χ1n) is 5.59. The Balaban J connectivity index is 1.79. The zero-order chi connectivity index (χ0) is 14.5. The number of hydrogen-bond acceptors (Lipinski definition) is 4. The van der Waals surface area contributed by atoms with Gasteiger partial charge in [-0.1, -0.05) is 23.2 Å². The Morgan fingerprint density at radius 1 is 1.35 bits per heavy atom. The highest BCUT2D eigenvalue weighted by atomic mass is 35.5. The maximum atomic E-state index is 10.7. The Morgan fingerprint density at radius 2 is 2.15 bits per heavy atom. The van der Waals surface area contributed by atoms with E-state index in [-0.39, 0.29) is 0 Å². The van der Waals surface area contributed by atoms with E-state index in [4.69, 9.17) is 33.0 Å². The Hall–Kier alpha value is -0.880. The monoisotopic (exact) mass is 348 g/mol. The number of halogens is 2. The van der Waals surface area contributed by atoms with Crippen LogP contribution in [-0.4, -0.2) is 23.4 Å². The van der Waals surface area contributed by atoms with E-state index in [2.05, 4.69) is 0 Å². The van der Waals surface area contributed by atoms with Crippen LogP contribution in [0.2, 0.25) is 10.0 Å². The van der Waals surface area contributed by atoms with Crippen molar-refractivity contribution in [1.82, 2.24) is 0 Å². The Kier molecular flexibility index (Phi) is 5.60. The third-order valence-corrected chi connectivity index (χ3v) is 4.83. The SMILES string of the molecule is O=C(O)c1cc(SCCOc2ccc(Cl)cc2Cl)cs1. The van der Waals surface area contributed by atoms with Crippen molar-refractivity contribution in [2.24, 2.45) is 0 Å². The van der Waals surface area contributed by atoms with Gasteiger partial charge < -0.3 is 9.84 Å². The summed E-state index contributed by atoms with van der Waals surface area (Å²) in [6.45, 7) is 0.476. The molecule has 0 spiro atoms. The van der Waals surface area contributed by atoms with Gasteiger partial charge in [-0.2, -0.15) is 0 Å². The average molecular weight is 349 g/mol. The summed E-state index contributed by atoms with van der Waals surface area (Å²) in [4.78, 5) is 12.0. The number of carbonyl (C=O) groups is 1. The van der Waals surface area contributed by atoms with Crippen LogP contribution in [0.1, 0.15) is 9.67 Å². The highest BCUT2D eigenvalue weighted by molar-refractivity contribution is 7.99. The minimum atomic E-state index is -0.897. The molecule has 1 aromatic heterocycles. The number of thioether (sulfide) groups is 1. The molecule has 0 aliphatic heterocycles. The summed E-state index contributed by atoms with van der Waals surface area (Å²) < 4.78 is 5.54. The first kappa shape index (κ1) is 15.5. The van der Waals surface area contributed by atoms with Gasteiger partial charge >= 0.3 is 5.97 Å². The fourth-order valence-electron chi connectivity index (χ4n) is 1.41. The Bertz CT molecular complexity index is 613. The fourth-order valence-corrected chi connectivity index (χ4v) is 3.57. The molecule has 1 aromatic carbocycles. The van der Waals surface area contributed by atoms with Crippen LogP contribution in [0.5, 0.6) is 5.75 Å². The number of carboxylic acids is 1. The van der Waals surface area contributed by atoms with Crippen molar-refractivity contribution < 1.29 is 14.6 Å². The summed E-state index contributed by atoms with van der Waals surface area (Å²) in [5, 5.41) is 11.7. The number of ether oxygens (including phenoxy) is 1. The minimum Gasteiger partial charge on any atom is -0.491 e. The van der Waals surface area contributed by atoms with Gasteiger partial charge in [-0.25, -0.2) is 4.79 Å². The van der Waals surface area contributed by atoms with Crippen LogP contribution in [0.15, 0.2) is 34.5 Å². The second kappa shape index (κ2) is 7.22. The summed E-state index contributed by atoms with van der Waals surface area (Å²) in [7, 11) is 0. The van der Waals surface area contributed by atoms with Crippen LogP contribution in [0.25, 0.3) is 0 Å². The molecule has 0 aliphatic rings. The largest absolute Gasteiger partial charge is 0.491 e. The lowest BCUT2D eigenvalue weighted by Gasteiger charge is -2.07. The summed E-state index contributed by atoms with van der Waals surface area (Å²) in [5.74, 6) is 0.397. The van der Waals surface area contributed by atoms with Gasteiger partial charge in [0.2, 0.25) is 0 Å². The van der Waals surface area contributed by atoms with E-state index in [0.29, 0.717) is 33.0 Å². The lowest BCUT2D eigenvalue weighted by atomic mass is 10.3. The molecule has 0 amide bonds. The number of benzene rings is 1. The van der Waals surface area contributed by atoms with Crippen molar-refractivity contribution >= 4 is 52.3 Å². The molecule has 0 saturated heterocycles. The van der Waals surface area contributed by atoms with Gasteiger partial charge in [0.25, 0.3) is 0 Å². The first-order valence-corrected chi connectivity index (χ1v) is 8.21. The maximum absolute atomic E-state index is 10.7. The topological polar surface area (TPSA) is 46.5 Å². The zero-order valence-electron chi connectivity index (χ0n) is 10.1. The highest BCUT2D eigenvalue weighted by Crippen LogP contribution is 2.28. The molecular formula is C13H10Cl2O3S2. The van der Waals surface area contributed by atoms with Crippen LogP contribution in [-0.2, 0) is 0 Å². The predicted molar refractivity (Wildman–Crippen MR) is 84.0 cm³/mol. The maximum Gasteiger partial charge on any atom is 0.345 e. The Labute approximate surface area is 134 Å². The van der Waals surface area contributed by atoms with Crippen molar-refractivity contribution in [3.05, 3.63) is 44.6 Å². The van der Waals surface area contributed by atoms with E-state index in [1.807, 2.05) is 5.38 Å². The van der Waals surface area contributed by atoms with E-state index in [1.165, 1.54) is 23.1 Å². The summed E-state index contributed by atoms with van der Waals surface area (Å²) in [5.41, 5.74) is 0. The molecule has 2 rings (SSSR count). The van der Waals surface area contributed by atoms with E-state index in [1.54, 1.807) is 24.3 Å². The van der Waals surface area contributed by atoms with Crippen LogP contribution in [0, 0.1) is 0 Å². The zero-order valence-corrected chi connectivity index (χ0v) is 13.3. The second-order valence-electron chi connectivity index (χ2n) is 3.72. The lowest BCUT2D eigenvalue weighted by molar-refractivity contribution is 0.0702. The molecule has 0 bridgehead atoms. The van der Waals surface area contributed by atoms with Gasteiger partial charge in [-0.15, -0.1) is 23.1 Å². The minimum absolute atomic E-state index is 0.342.